The molecule has 166 valence electrons. The SMILES string of the molecule is Cc1noc(C)c1S(=O)(=O)N1CCN(C[C@@](C)(O)c2cccc(C(F)(F)F)c2)CC1. The van der Waals surface area contributed by atoms with E-state index in [-0.39, 0.29) is 35.9 Å². The largest absolute Gasteiger partial charge is 0.416 e. The van der Waals surface area contributed by atoms with Crippen molar-refractivity contribution in [3.05, 3.63) is 46.8 Å². The van der Waals surface area contributed by atoms with Crippen molar-refractivity contribution >= 4 is 10.0 Å². The molecule has 1 fully saturated rings. The van der Waals surface area contributed by atoms with Crippen molar-refractivity contribution in [2.45, 2.75) is 37.4 Å². The lowest BCUT2D eigenvalue weighted by molar-refractivity contribution is -0.137. The maximum absolute atomic E-state index is 13.0. The Kier molecular flexibility index (Phi) is 6.02. The highest BCUT2D eigenvalue weighted by Gasteiger charge is 2.36. The van der Waals surface area contributed by atoms with Crippen LogP contribution in [0.5, 0.6) is 0 Å². The second-order valence-corrected chi connectivity index (χ2v) is 9.56. The van der Waals surface area contributed by atoms with Crippen LogP contribution in [0.3, 0.4) is 0 Å². The number of halogens is 3. The highest BCUT2D eigenvalue weighted by molar-refractivity contribution is 7.89. The second-order valence-electron chi connectivity index (χ2n) is 7.69. The van der Waals surface area contributed by atoms with Gasteiger partial charge in [0.2, 0.25) is 10.0 Å². The average Bonchev–Trinajstić information content (AvgIpc) is 3.00. The molecule has 0 saturated carbocycles. The molecule has 0 radical (unpaired) electrons. The first kappa shape index (κ1) is 22.7. The molecule has 1 aromatic heterocycles. The number of aryl methyl sites for hydroxylation is 2. The number of hydrogen-bond donors (Lipinski definition) is 1. The summed E-state index contributed by atoms with van der Waals surface area (Å²) in [4.78, 5) is 1.89. The molecule has 2 aromatic rings. The molecule has 11 heteroatoms. The maximum Gasteiger partial charge on any atom is 0.416 e. The van der Waals surface area contributed by atoms with Gasteiger partial charge in [0.15, 0.2) is 5.76 Å². The molecule has 1 aliphatic rings. The van der Waals surface area contributed by atoms with E-state index in [1.807, 2.05) is 4.90 Å². The molecular weight excluding hydrogens is 423 g/mol. The minimum Gasteiger partial charge on any atom is -0.384 e. The van der Waals surface area contributed by atoms with Crippen molar-refractivity contribution in [2.75, 3.05) is 32.7 Å². The molecule has 0 spiro atoms. The third-order valence-corrected chi connectivity index (χ3v) is 7.38. The number of benzene rings is 1. The van der Waals surface area contributed by atoms with E-state index in [0.29, 0.717) is 18.8 Å². The first-order chi connectivity index (χ1) is 13.8. The zero-order chi connectivity index (χ0) is 22.3. The lowest BCUT2D eigenvalue weighted by atomic mass is 9.93. The van der Waals surface area contributed by atoms with Crippen molar-refractivity contribution in [2.24, 2.45) is 0 Å². The van der Waals surface area contributed by atoms with Crippen molar-refractivity contribution in [3.63, 3.8) is 0 Å². The van der Waals surface area contributed by atoms with Crippen LogP contribution in [-0.2, 0) is 21.8 Å². The molecule has 0 bridgehead atoms. The van der Waals surface area contributed by atoms with Gasteiger partial charge < -0.3 is 9.63 Å². The first-order valence-corrected chi connectivity index (χ1v) is 10.8. The monoisotopic (exact) mass is 447 g/mol. The standard InChI is InChI=1S/C19H24F3N3O4S/c1-13-17(14(2)29-23-13)30(27,28)25-9-7-24(8-10-25)12-18(3,26)15-5-4-6-16(11-15)19(20,21)22/h4-6,11,26H,7-10,12H2,1-3H3/t18-/m1/s1. The van der Waals surface area contributed by atoms with Crippen LogP contribution in [0.2, 0.25) is 0 Å². The van der Waals surface area contributed by atoms with Crippen molar-refractivity contribution < 1.29 is 31.2 Å². The predicted octanol–water partition coefficient (Wildman–Crippen LogP) is 2.52. The second kappa shape index (κ2) is 7.95. The van der Waals surface area contributed by atoms with E-state index < -0.39 is 27.4 Å². The summed E-state index contributed by atoms with van der Waals surface area (Å²) in [6, 6.07) is 4.62. The van der Waals surface area contributed by atoms with Gasteiger partial charge in [0.05, 0.1) is 11.2 Å². The van der Waals surface area contributed by atoms with Gasteiger partial charge in [-0.3, -0.25) is 4.90 Å². The van der Waals surface area contributed by atoms with Crippen LogP contribution < -0.4 is 0 Å². The Morgan fingerprint density at radius 3 is 2.27 bits per heavy atom. The minimum atomic E-state index is -4.50. The predicted molar refractivity (Wildman–Crippen MR) is 102 cm³/mol. The number of piperazine rings is 1. The van der Waals surface area contributed by atoms with E-state index in [1.54, 1.807) is 6.92 Å². The Bertz CT molecular complexity index is 991. The van der Waals surface area contributed by atoms with E-state index in [9.17, 15) is 26.7 Å². The van der Waals surface area contributed by atoms with Crippen LogP contribution in [0, 0.1) is 13.8 Å². The summed E-state index contributed by atoms with van der Waals surface area (Å²) in [7, 11) is -3.76. The smallest absolute Gasteiger partial charge is 0.384 e. The highest BCUT2D eigenvalue weighted by Crippen LogP contribution is 2.32. The molecule has 1 atom stereocenters. The van der Waals surface area contributed by atoms with Crippen LogP contribution in [0.15, 0.2) is 33.7 Å². The normalized spacial score (nSPS) is 19.0. The molecule has 0 amide bonds. The third-order valence-electron chi connectivity index (χ3n) is 5.24. The van der Waals surface area contributed by atoms with E-state index in [4.69, 9.17) is 4.52 Å². The van der Waals surface area contributed by atoms with Crippen molar-refractivity contribution in [1.29, 1.82) is 0 Å². The summed E-state index contributed by atoms with van der Waals surface area (Å²) in [5, 5.41) is 14.5. The van der Waals surface area contributed by atoms with E-state index >= 15 is 0 Å². The lowest BCUT2D eigenvalue weighted by Gasteiger charge is -2.38. The molecule has 3 rings (SSSR count). The molecule has 1 saturated heterocycles. The summed E-state index contributed by atoms with van der Waals surface area (Å²) in [6.45, 7) is 5.66. The maximum atomic E-state index is 13.0. The first-order valence-electron chi connectivity index (χ1n) is 9.38. The van der Waals surface area contributed by atoms with Crippen LogP contribution in [0.4, 0.5) is 13.2 Å². The number of alkyl halides is 3. The number of rotatable bonds is 5. The number of aliphatic hydroxyl groups is 1. The summed E-state index contributed by atoms with van der Waals surface area (Å²) >= 11 is 0. The molecule has 1 N–H and O–H groups in total. The number of β-amino-alcohol motifs (C(OH)–C–C–N with tert-alkyl or cyclic N) is 1. The zero-order valence-corrected chi connectivity index (χ0v) is 17.7. The van der Waals surface area contributed by atoms with E-state index in [2.05, 4.69) is 5.16 Å². The fraction of sp³-hybridized carbons (Fsp3) is 0.526. The molecule has 7 nitrogen and oxygen atoms in total. The van der Waals surface area contributed by atoms with Gasteiger partial charge in [0.25, 0.3) is 0 Å². The Morgan fingerprint density at radius 2 is 1.73 bits per heavy atom. The van der Waals surface area contributed by atoms with Crippen LogP contribution in [-0.4, -0.2) is 60.6 Å². The van der Waals surface area contributed by atoms with Gasteiger partial charge in [0, 0.05) is 32.7 Å². The number of nitrogens with zero attached hydrogens (tertiary/aromatic N) is 3. The van der Waals surface area contributed by atoms with Crippen molar-refractivity contribution in [3.8, 4) is 0 Å². The zero-order valence-electron chi connectivity index (χ0n) is 16.9. The number of aromatic nitrogens is 1. The molecule has 2 heterocycles. The summed E-state index contributed by atoms with van der Waals surface area (Å²) in [6.07, 6.45) is -4.50. The van der Waals surface area contributed by atoms with Crippen LogP contribution >= 0.6 is 0 Å². The Balaban J connectivity index is 1.68. The number of hydrogen-bond acceptors (Lipinski definition) is 6. The molecule has 1 aromatic carbocycles. The molecule has 0 unspecified atom stereocenters. The fourth-order valence-electron chi connectivity index (χ4n) is 3.66. The fourth-order valence-corrected chi connectivity index (χ4v) is 5.37. The van der Waals surface area contributed by atoms with Crippen molar-refractivity contribution in [1.82, 2.24) is 14.4 Å². The summed E-state index contributed by atoms with van der Waals surface area (Å²) < 4.78 is 71.0. The van der Waals surface area contributed by atoms with Gasteiger partial charge in [-0.25, -0.2) is 8.42 Å². The quantitative estimate of drug-likeness (QED) is 0.758. The Hall–Kier alpha value is -1.95. The van der Waals surface area contributed by atoms with Gasteiger partial charge in [-0.1, -0.05) is 17.3 Å². The van der Waals surface area contributed by atoms with E-state index in [0.717, 1.165) is 12.1 Å². The van der Waals surface area contributed by atoms with Crippen LogP contribution in [0.25, 0.3) is 0 Å². The Morgan fingerprint density at radius 1 is 1.13 bits per heavy atom. The molecular formula is C19H24F3N3O4S. The molecule has 1 aliphatic heterocycles. The summed E-state index contributed by atoms with van der Waals surface area (Å²) in [5.74, 6) is 0.224. The van der Waals surface area contributed by atoms with Gasteiger partial charge in [-0.05, 0) is 38.5 Å². The molecule has 30 heavy (non-hydrogen) atoms. The Labute approximate surface area is 173 Å². The lowest BCUT2D eigenvalue weighted by Crippen LogP contribution is -2.51. The average molecular weight is 447 g/mol. The van der Waals surface area contributed by atoms with Crippen LogP contribution in [0.1, 0.15) is 29.5 Å². The molecule has 0 aliphatic carbocycles. The van der Waals surface area contributed by atoms with Gasteiger partial charge in [0.1, 0.15) is 10.6 Å². The topological polar surface area (TPSA) is 86.9 Å². The van der Waals surface area contributed by atoms with E-state index in [1.165, 1.54) is 30.3 Å². The van der Waals surface area contributed by atoms with Gasteiger partial charge in [-0.2, -0.15) is 17.5 Å². The minimum absolute atomic E-state index is 0.0620. The number of sulfonamides is 1. The van der Waals surface area contributed by atoms with Gasteiger partial charge in [-0.15, -0.1) is 0 Å². The summed E-state index contributed by atoms with van der Waals surface area (Å²) in [5.41, 5.74) is -1.90. The van der Waals surface area contributed by atoms with Gasteiger partial charge >= 0.3 is 6.18 Å². The third kappa shape index (κ3) is 4.53. The highest BCUT2D eigenvalue weighted by atomic mass is 32.2.